The average Bonchev–Trinajstić information content (AvgIpc) is 2.92. The van der Waals surface area contributed by atoms with Crippen LogP contribution >= 0.6 is 11.3 Å². The lowest BCUT2D eigenvalue weighted by atomic mass is 9.99. The Balaban J connectivity index is 1.78. The van der Waals surface area contributed by atoms with Gasteiger partial charge in [-0.25, -0.2) is 4.72 Å². The van der Waals surface area contributed by atoms with E-state index in [2.05, 4.69) is 4.72 Å². The first-order chi connectivity index (χ1) is 9.12. The first-order valence-electron chi connectivity index (χ1n) is 6.59. The molecule has 5 nitrogen and oxygen atoms in total. The molecule has 0 radical (unpaired) electrons. The van der Waals surface area contributed by atoms with E-state index in [0.717, 1.165) is 19.3 Å². The van der Waals surface area contributed by atoms with Crippen LogP contribution in [0.15, 0.2) is 17.5 Å². The summed E-state index contributed by atoms with van der Waals surface area (Å²) in [7, 11) is -3.32. The Morgan fingerprint density at radius 1 is 1.42 bits per heavy atom. The number of thiophene rings is 1. The van der Waals surface area contributed by atoms with E-state index in [1.54, 1.807) is 11.3 Å². The van der Waals surface area contributed by atoms with Gasteiger partial charge >= 0.3 is 0 Å². The number of nitrogens with one attached hydrogen (secondary N) is 1. The minimum absolute atomic E-state index is 0.458. The Hall–Kier alpha value is -0.470. The highest BCUT2D eigenvalue weighted by Gasteiger charge is 2.26. The van der Waals surface area contributed by atoms with E-state index in [0.29, 0.717) is 32.1 Å². The van der Waals surface area contributed by atoms with Crippen LogP contribution in [0, 0.1) is 5.92 Å². The quantitative estimate of drug-likeness (QED) is 0.816. The normalized spacial score (nSPS) is 18.8. The number of nitrogens with two attached hydrogens (primary N) is 1. The number of nitrogens with zero attached hydrogens (tertiary/aromatic N) is 1. The van der Waals surface area contributed by atoms with Gasteiger partial charge in [0.1, 0.15) is 0 Å². The second-order valence-electron chi connectivity index (χ2n) is 4.81. The number of hydrogen-bond donors (Lipinski definition) is 2. The van der Waals surface area contributed by atoms with E-state index in [4.69, 9.17) is 5.73 Å². The molecule has 0 bridgehead atoms. The molecule has 1 aromatic rings. The Kier molecular flexibility index (Phi) is 5.35. The van der Waals surface area contributed by atoms with Gasteiger partial charge in [-0.05, 0) is 43.2 Å². The molecule has 1 saturated heterocycles. The topological polar surface area (TPSA) is 75.4 Å². The van der Waals surface area contributed by atoms with E-state index in [1.165, 1.54) is 9.18 Å². The van der Waals surface area contributed by atoms with Gasteiger partial charge in [0, 0.05) is 24.5 Å². The highest BCUT2D eigenvalue weighted by Crippen LogP contribution is 2.17. The maximum absolute atomic E-state index is 12.1. The Morgan fingerprint density at radius 3 is 2.74 bits per heavy atom. The molecule has 0 aliphatic carbocycles. The van der Waals surface area contributed by atoms with Gasteiger partial charge in [-0.3, -0.25) is 0 Å². The lowest BCUT2D eigenvalue weighted by Crippen LogP contribution is -2.46. The average molecular weight is 303 g/mol. The molecule has 0 aromatic carbocycles. The molecule has 0 atom stereocenters. The van der Waals surface area contributed by atoms with E-state index in [-0.39, 0.29) is 0 Å². The van der Waals surface area contributed by atoms with Crippen LogP contribution in [0.5, 0.6) is 0 Å². The Bertz CT molecular complexity index is 465. The molecule has 1 aliphatic heterocycles. The van der Waals surface area contributed by atoms with Gasteiger partial charge in [-0.2, -0.15) is 12.7 Å². The highest BCUT2D eigenvalue weighted by atomic mass is 32.2. The summed E-state index contributed by atoms with van der Waals surface area (Å²) in [6.45, 7) is 2.27. The van der Waals surface area contributed by atoms with Crippen LogP contribution in [-0.4, -0.2) is 38.9 Å². The van der Waals surface area contributed by atoms with Crippen LogP contribution in [0.1, 0.15) is 17.7 Å². The SMILES string of the molecule is NCC1CCN(S(=O)(=O)NCCc2cccs2)CC1. The third-order valence-corrected chi connectivity index (χ3v) is 6.03. The van der Waals surface area contributed by atoms with Crippen molar-refractivity contribution in [3.63, 3.8) is 0 Å². The maximum atomic E-state index is 12.1. The maximum Gasteiger partial charge on any atom is 0.279 e. The largest absolute Gasteiger partial charge is 0.330 e. The van der Waals surface area contributed by atoms with Crippen molar-refractivity contribution in [2.45, 2.75) is 19.3 Å². The highest BCUT2D eigenvalue weighted by molar-refractivity contribution is 7.87. The van der Waals surface area contributed by atoms with Crippen molar-refractivity contribution in [1.29, 1.82) is 0 Å². The summed E-state index contributed by atoms with van der Waals surface area (Å²) in [5, 5.41) is 2.00. The Morgan fingerprint density at radius 2 is 2.16 bits per heavy atom. The fourth-order valence-corrected chi connectivity index (χ4v) is 4.18. The molecule has 0 saturated carbocycles. The smallest absolute Gasteiger partial charge is 0.279 e. The third-order valence-electron chi connectivity index (χ3n) is 3.48. The third kappa shape index (κ3) is 4.25. The molecular formula is C12H21N3O2S2. The summed E-state index contributed by atoms with van der Waals surface area (Å²) in [5.41, 5.74) is 5.61. The number of piperidine rings is 1. The molecule has 2 rings (SSSR count). The van der Waals surface area contributed by atoms with Crippen LogP contribution in [0.3, 0.4) is 0 Å². The molecule has 1 aromatic heterocycles. The standard InChI is InChI=1S/C12H21N3O2S2/c13-10-11-4-7-15(8-5-11)19(16,17)14-6-3-12-2-1-9-18-12/h1-2,9,11,14H,3-8,10,13H2. The first kappa shape index (κ1) is 14.9. The van der Waals surface area contributed by atoms with E-state index in [9.17, 15) is 8.42 Å². The number of rotatable bonds is 6. The van der Waals surface area contributed by atoms with Gasteiger partial charge in [-0.1, -0.05) is 6.07 Å². The lowest BCUT2D eigenvalue weighted by Gasteiger charge is -2.30. The van der Waals surface area contributed by atoms with Crippen molar-refractivity contribution >= 4 is 21.5 Å². The van der Waals surface area contributed by atoms with Gasteiger partial charge < -0.3 is 5.73 Å². The van der Waals surface area contributed by atoms with Gasteiger partial charge in [0.2, 0.25) is 0 Å². The van der Waals surface area contributed by atoms with E-state index in [1.807, 2.05) is 17.5 Å². The van der Waals surface area contributed by atoms with Crippen LogP contribution in [0.4, 0.5) is 0 Å². The lowest BCUT2D eigenvalue weighted by molar-refractivity contribution is 0.276. The van der Waals surface area contributed by atoms with Crippen LogP contribution in [0.2, 0.25) is 0 Å². The van der Waals surface area contributed by atoms with E-state index < -0.39 is 10.2 Å². The summed E-state index contributed by atoms with van der Waals surface area (Å²) in [5.74, 6) is 0.470. The predicted octanol–water partition coefficient (Wildman–Crippen LogP) is 0.796. The van der Waals surface area contributed by atoms with Gasteiger partial charge in [0.05, 0.1) is 0 Å². The fourth-order valence-electron chi connectivity index (χ4n) is 2.23. The fraction of sp³-hybridized carbons (Fsp3) is 0.667. The van der Waals surface area contributed by atoms with Crippen LogP contribution in [-0.2, 0) is 16.6 Å². The zero-order valence-electron chi connectivity index (χ0n) is 10.9. The summed E-state index contributed by atoms with van der Waals surface area (Å²) >= 11 is 1.65. The van der Waals surface area contributed by atoms with Crippen molar-refractivity contribution in [1.82, 2.24) is 9.03 Å². The summed E-state index contributed by atoms with van der Waals surface area (Å²) in [4.78, 5) is 1.20. The minimum Gasteiger partial charge on any atom is -0.330 e. The molecule has 1 aliphatic rings. The summed E-state index contributed by atoms with van der Waals surface area (Å²) in [6.07, 6.45) is 2.47. The van der Waals surface area contributed by atoms with Crippen molar-refractivity contribution < 1.29 is 8.42 Å². The molecule has 108 valence electrons. The van der Waals surface area contributed by atoms with Crippen molar-refractivity contribution in [3.8, 4) is 0 Å². The van der Waals surface area contributed by atoms with Gasteiger partial charge in [0.15, 0.2) is 0 Å². The van der Waals surface area contributed by atoms with Gasteiger partial charge in [0.25, 0.3) is 10.2 Å². The molecule has 19 heavy (non-hydrogen) atoms. The molecule has 0 unspecified atom stereocenters. The van der Waals surface area contributed by atoms with E-state index >= 15 is 0 Å². The molecule has 0 amide bonds. The van der Waals surface area contributed by atoms with Crippen molar-refractivity contribution in [2.24, 2.45) is 11.7 Å². The Labute approximate surface area is 119 Å². The second-order valence-corrected chi connectivity index (χ2v) is 7.59. The summed E-state index contributed by atoms with van der Waals surface area (Å²) in [6, 6.07) is 4.00. The first-order valence-corrected chi connectivity index (χ1v) is 8.91. The molecular weight excluding hydrogens is 282 g/mol. The van der Waals surface area contributed by atoms with Crippen LogP contribution in [0.25, 0.3) is 0 Å². The zero-order valence-corrected chi connectivity index (χ0v) is 12.5. The van der Waals surface area contributed by atoms with Crippen molar-refractivity contribution in [2.75, 3.05) is 26.2 Å². The monoisotopic (exact) mass is 303 g/mol. The van der Waals surface area contributed by atoms with Crippen molar-refractivity contribution in [3.05, 3.63) is 22.4 Å². The molecule has 1 fully saturated rings. The van der Waals surface area contributed by atoms with Gasteiger partial charge in [-0.15, -0.1) is 11.3 Å². The van der Waals surface area contributed by atoms with Crippen LogP contribution < -0.4 is 10.5 Å². The molecule has 7 heteroatoms. The molecule has 3 N–H and O–H groups in total. The zero-order chi connectivity index (χ0) is 13.7. The second kappa shape index (κ2) is 6.81. The number of hydrogen-bond acceptors (Lipinski definition) is 4. The minimum atomic E-state index is -3.32. The molecule has 0 spiro atoms. The predicted molar refractivity (Wildman–Crippen MR) is 78.3 cm³/mol. The summed E-state index contributed by atoms with van der Waals surface area (Å²) < 4.78 is 28.4. The molecule has 2 heterocycles.